The van der Waals surface area contributed by atoms with Gasteiger partial charge >= 0.3 is 0 Å². The molecule has 0 atom stereocenters. The summed E-state index contributed by atoms with van der Waals surface area (Å²) in [5.41, 5.74) is 6.92. The summed E-state index contributed by atoms with van der Waals surface area (Å²) >= 11 is 0. The average molecular weight is 202 g/mol. The van der Waals surface area contributed by atoms with Crippen LogP contribution in [0.4, 0.5) is 0 Å². The zero-order valence-electron chi connectivity index (χ0n) is 9.02. The molecule has 1 aromatic carbocycles. The van der Waals surface area contributed by atoms with Gasteiger partial charge in [0.15, 0.2) is 0 Å². The minimum Gasteiger partial charge on any atom is -0.384 e. The Labute approximate surface area is 91.2 Å². The van der Waals surface area contributed by atoms with Gasteiger partial charge in [0.1, 0.15) is 5.84 Å². The molecule has 0 unspecified atom stereocenters. The Bertz CT molecular complexity index is 326. The molecule has 1 saturated carbocycles. The first-order valence-corrected chi connectivity index (χ1v) is 5.71. The van der Waals surface area contributed by atoms with Gasteiger partial charge in [0.05, 0.1) is 0 Å². The Morgan fingerprint density at radius 1 is 1.27 bits per heavy atom. The van der Waals surface area contributed by atoms with Crippen molar-refractivity contribution in [3.63, 3.8) is 0 Å². The molecule has 1 aliphatic rings. The third kappa shape index (κ3) is 2.82. The van der Waals surface area contributed by atoms with E-state index in [1.54, 1.807) is 0 Å². The lowest BCUT2D eigenvalue weighted by Gasteiger charge is -2.24. The van der Waals surface area contributed by atoms with Crippen molar-refractivity contribution in [3.05, 3.63) is 35.9 Å². The largest absolute Gasteiger partial charge is 0.384 e. The van der Waals surface area contributed by atoms with Gasteiger partial charge in [0, 0.05) is 12.1 Å². The summed E-state index contributed by atoms with van der Waals surface area (Å²) in [6.07, 6.45) is 5.39. The second-order valence-electron chi connectivity index (χ2n) is 4.22. The Morgan fingerprint density at radius 3 is 2.60 bits per heavy atom. The zero-order chi connectivity index (χ0) is 10.5. The minimum absolute atomic E-state index is 0.676. The van der Waals surface area contributed by atoms with E-state index in [4.69, 9.17) is 5.73 Å². The smallest absolute Gasteiger partial charge is 0.125 e. The fraction of sp³-hybridized carbons (Fsp3) is 0.462. The van der Waals surface area contributed by atoms with E-state index in [0.29, 0.717) is 5.84 Å². The van der Waals surface area contributed by atoms with E-state index < -0.39 is 0 Å². The quantitative estimate of drug-likeness (QED) is 0.591. The number of amidine groups is 1. The molecular formula is C13H18N2. The molecule has 1 aromatic rings. The van der Waals surface area contributed by atoms with Gasteiger partial charge in [0.2, 0.25) is 0 Å². The summed E-state index contributed by atoms with van der Waals surface area (Å²) < 4.78 is 0. The van der Waals surface area contributed by atoms with Gasteiger partial charge in [-0.2, -0.15) is 0 Å². The molecule has 0 amide bonds. The number of hydrogen-bond donors (Lipinski definition) is 1. The van der Waals surface area contributed by atoms with Gasteiger partial charge in [-0.05, 0) is 12.3 Å². The van der Waals surface area contributed by atoms with Crippen LogP contribution in [0, 0.1) is 5.92 Å². The van der Waals surface area contributed by atoms with Crippen LogP contribution >= 0.6 is 0 Å². The van der Waals surface area contributed by atoms with Gasteiger partial charge in [-0.15, -0.1) is 0 Å². The summed E-state index contributed by atoms with van der Waals surface area (Å²) in [7, 11) is 0. The van der Waals surface area contributed by atoms with Crippen LogP contribution in [-0.2, 0) is 0 Å². The van der Waals surface area contributed by atoms with Crippen LogP contribution in [0.25, 0.3) is 0 Å². The average Bonchev–Trinajstić information content (AvgIpc) is 2.23. The number of nitrogens with two attached hydrogens (primary N) is 1. The number of hydrogen-bond acceptors (Lipinski definition) is 1. The molecule has 2 rings (SSSR count). The first-order valence-electron chi connectivity index (χ1n) is 5.71. The molecular weight excluding hydrogens is 184 g/mol. The van der Waals surface area contributed by atoms with Crippen molar-refractivity contribution in [1.82, 2.24) is 0 Å². The second-order valence-corrected chi connectivity index (χ2v) is 4.22. The number of benzene rings is 1. The molecule has 2 N–H and O–H groups in total. The second kappa shape index (κ2) is 4.96. The highest BCUT2D eigenvalue weighted by atomic mass is 14.8. The monoisotopic (exact) mass is 202 g/mol. The van der Waals surface area contributed by atoms with Gasteiger partial charge < -0.3 is 5.73 Å². The minimum atomic E-state index is 0.676. The Hall–Kier alpha value is -1.31. The molecule has 80 valence electrons. The standard InChI is InChI=1S/C13H18N2/c14-13(12-7-2-1-3-8-12)15-10-9-11-5-4-6-11/h1-3,7-8,11H,4-6,9-10H2,(H2,14,15). The molecule has 0 aliphatic heterocycles. The molecule has 1 aliphatic carbocycles. The molecule has 0 bridgehead atoms. The van der Waals surface area contributed by atoms with Crippen LogP contribution in [0.3, 0.4) is 0 Å². The highest BCUT2D eigenvalue weighted by Gasteiger charge is 2.16. The van der Waals surface area contributed by atoms with E-state index in [0.717, 1.165) is 18.0 Å². The van der Waals surface area contributed by atoms with Crippen molar-refractivity contribution in [2.24, 2.45) is 16.6 Å². The molecule has 2 heteroatoms. The van der Waals surface area contributed by atoms with Gasteiger partial charge in [-0.25, -0.2) is 0 Å². The Kier molecular flexibility index (Phi) is 3.38. The predicted octanol–water partition coefficient (Wildman–Crippen LogP) is 2.58. The maximum absolute atomic E-state index is 5.89. The lowest BCUT2D eigenvalue weighted by molar-refractivity contribution is 0.300. The summed E-state index contributed by atoms with van der Waals surface area (Å²) in [5.74, 6) is 1.59. The number of rotatable bonds is 4. The van der Waals surface area contributed by atoms with Crippen LogP contribution < -0.4 is 5.73 Å². The fourth-order valence-corrected chi connectivity index (χ4v) is 1.85. The SMILES string of the molecule is NC(=NCCC1CCC1)c1ccccc1. The first kappa shape index (κ1) is 10.2. The fourth-order valence-electron chi connectivity index (χ4n) is 1.85. The first-order chi connectivity index (χ1) is 7.36. The summed E-state index contributed by atoms with van der Waals surface area (Å²) in [6, 6.07) is 9.97. The van der Waals surface area contributed by atoms with Crippen LogP contribution in [0.2, 0.25) is 0 Å². The van der Waals surface area contributed by atoms with E-state index >= 15 is 0 Å². The van der Waals surface area contributed by atoms with Crippen molar-refractivity contribution in [2.45, 2.75) is 25.7 Å². The van der Waals surface area contributed by atoms with E-state index in [1.165, 1.54) is 25.7 Å². The van der Waals surface area contributed by atoms with E-state index in [-0.39, 0.29) is 0 Å². The van der Waals surface area contributed by atoms with E-state index in [2.05, 4.69) is 4.99 Å². The van der Waals surface area contributed by atoms with Crippen LogP contribution in [0.15, 0.2) is 35.3 Å². The van der Waals surface area contributed by atoms with Crippen molar-refractivity contribution < 1.29 is 0 Å². The normalized spacial score (nSPS) is 17.5. The van der Waals surface area contributed by atoms with Crippen LogP contribution in [-0.4, -0.2) is 12.4 Å². The van der Waals surface area contributed by atoms with Crippen molar-refractivity contribution >= 4 is 5.84 Å². The third-order valence-electron chi connectivity index (χ3n) is 3.11. The van der Waals surface area contributed by atoms with Gasteiger partial charge in [-0.1, -0.05) is 49.6 Å². The molecule has 0 heterocycles. The van der Waals surface area contributed by atoms with Crippen molar-refractivity contribution in [3.8, 4) is 0 Å². The molecule has 0 radical (unpaired) electrons. The topological polar surface area (TPSA) is 38.4 Å². The van der Waals surface area contributed by atoms with Crippen LogP contribution in [0.5, 0.6) is 0 Å². The summed E-state index contributed by atoms with van der Waals surface area (Å²) in [5, 5.41) is 0. The zero-order valence-corrected chi connectivity index (χ0v) is 9.02. The molecule has 0 aromatic heterocycles. The van der Waals surface area contributed by atoms with E-state index in [9.17, 15) is 0 Å². The Morgan fingerprint density at radius 2 is 2.00 bits per heavy atom. The van der Waals surface area contributed by atoms with Crippen molar-refractivity contribution in [2.75, 3.05) is 6.54 Å². The lowest BCUT2D eigenvalue weighted by atomic mass is 9.83. The van der Waals surface area contributed by atoms with E-state index in [1.807, 2.05) is 30.3 Å². The third-order valence-corrected chi connectivity index (χ3v) is 3.11. The molecule has 1 fully saturated rings. The predicted molar refractivity (Wildman–Crippen MR) is 64.0 cm³/mol. The van der Waals surface area contributed by atoms with Gasteiger partial charge in [0.25, 0.3) is 0 Å². The molecule has 0 spiro atoms. The molecule has 0 saturated heterocycles. The van der Waals surface area contributed by atoms with Gasteiger partial charge in [-0.3, -0.25) is 4.99 Å². The van der Waals surface area contributed by atoms with Crippen molar-refractivity contribution in [1.29, 1.82) is 0 Å². The highest BCUT2D eigenvalue weighted by Crippen LogP contribution is 2.29. The number of aliphatic imine (C=N–C) groups is 1. The lowest BCUT2D eigenvalue weighted by Crippen LogP contribution is -2.16. The maximum Gasteiger partial charge on any atom is 0.125 e. The number of nitrogens with zero attached hydrogens (tertiary/aromatic N) is 1. The summed E-state index contributed by atoms with van der Waals surface area (Å²) in [4.78, 5) is 4.41. The maximum atomic E-state index is 5.89. The molecule has 15 heavy (non-hydrogen) atoms. The summed E-state index contributed by atoms with van der Waals surface area (Å²) in [6.45, 7) is 0.880. The Balaban J connectivity index is 1.84. The van der Waals surface area contributed by atoms with Crippen LogP contribution in [0.1, 0.15) is 31.2 Å². The highest BCUT2D eigenvalue weighted by molar-refractivity contribution is 5.97. The molecule has 2 nitrogen and oxygen atoms in total.